The molecule has 0 radical (unpaired) electrons. The van der Waals surface area contributed by atoms with E-state index in [0.717, 1.165) is 5.57 Å². The number of aliphatic hydroxyl groups is 2. The minimum Gasteiger partial charge on any atom is -0.396 e. The molecule has 3 aliphatic carbocycles. The fraction of sp³-hybridized carbons (Fsp3) is 0.667. The Kier molecular flexibility index (Phi) is 1.83. The molecular formula is C12H16O2. The van der Waals surface area contributed by atoms with Gasteiger partial charge in [0.2, 0.25) is 0 Å². The second kappa shape index (κ2) is 2.94. The smallest absolute Gasteiger partial charge is 0.0645 e. The molecule has 2 N–H and O–H groups in total. The summed E-state index contributed by atoms with van der Waals surface area (Å²) in [7, 11) is 0. The Hall–Kier alpha value is -0.600. The molecule has 0 amide bonds. The van der Waals surface area contributed by atoms with Crippen molar-refractivity contribution in [1.82, 2.24) is 0 Å². The standard InChI is InChI=1S/C12H16O2/c13-5-9-4-10-7-1-2-8(3-7)12(10)11(9)6-14/h1-2,4,7-8,10-14H,3,5-6H2. The molecular weight excluding hydrogens is 176 g/mol. The van der Waals surface area contributed by atoms with Gasteiger partial charge >= 0.3 is 0 Å². The predicted molar refractivity (Wildman–Crippen MR) is 53.5 cm³/mol. The van der Waals surface area contributed by atoms with Crippen molar-refractivity contribution in [3.05, 3.63) is 23.8 Å². The number of hydrogen-bond donors (Lipinski definition) is 2. The summed E-state index contributed by atoms with van der Waals surface area (Å²) >= 11 is 0. The summed E-state index contributed by atoms with van der Waals surface area (Å²) in [5.74, 6) is 2.75. The third kappa shape index (κ3) is 0.931. The van der Waals surface area contributed by atoms with E-state index in [2.05, 4.69) is 18.2 Å². The zero-order valence-electron chi connectivity index (χ0n) is 8.13. The lowest BCUT2D eigenvalue weighted by atomic mass is 9.79. The SMILES string of the molecule is OCC1=CC2C3C=CC(C3)C2C1CO. The van der Waals surface area contributed by atoms with E-state index in [9.17, 15) is 10.2 Å². The molecule has 0 saturated heterocycles. The summed E-state index contributed by atoms with van der Waals surface area (Å²) in [4.78, 5) is 0. The van der Waals surface area contributed by atoms with Crippen LogP contribution < -0.4 is 0 Å². The molecule has 0 aromatic heterocycles. The minimum absolute atomic E-state index is 0.123. The van der Waals surface area contributed by atoms with Crippen molar-refractivity contribution in [3.8, 4) is 0 Å². The van der Waals surface area contributed by atoms with Gasteiger partial charge in [-0.2, -0.15) is 0 Å². The maximum absolute atomic E-state index is 9.37. The van der Waals surface area contributed by atoms with Gasteiger partial charge in [0.25, 0.3) is 0 Å². The van der Waals surface area contributed by atoms with Gasteiger partial charge in [-0.1, -0.05) is 18.2 Å². The Morgan fingerprint density at radius 1 is 1.21 bits per heavy atom. The van der Waals surface area contributed by atoms with Gasteiger partial charge in [-0.25, -0.2) is 0 Å². The van der Waals surface area contributed by atoms with Crippen LogP contribution in [0.2, 0.25) is 0 Å². The average molecular weight is 192 g/mol. The summed E-state index contributed by atoms with van der Waals surface area (Å²) in [5.41, 5.74) is 1.07. The molecule has 1 saturated carbocycles. The number of allylic oxidation sites excluding steroid dienone is 3. The summed E-state index contributed by atoms with van der Waals surface area (Å²) < 4.78 is 0. The molecule has 5 atom stereocenters. The summed E-state index contributed by atoms with van der Waals surface area (Å²) in [6.07, 6.45) is 8.11. The molecule has 5 unspecified atom stereocenters. The van der Waals surface area contributed by atoms with E-state index in [-0.39, 0.29) is 19.1 Å². The molecule has 2 nitrogen and oxygen atoms in total. The van der Waals surface area contributed by atoms with Crippen molar-refractivity contribution in [1.29, 1.82) is 0 Å². The highest BCUT2D eigenvalue weighted by Crippen LogP contribution is 2.56. The zero-order valence-corrected chi connectivity index (χ0v) is 8.13. The van der Waals surface area contributed by atoms with Gasteiger partial charge in [-0.15, -0.1) is 0 Å². The first-order valence-electron chi connectivity index (χ1n) is 5.45. The predicted octanol–water partition coefficient (Wildman–Crippen LogP) is 0.965. The van der Waals surface area contributed by atoms with E-state index >= 15 is 0 Å². The normalized spacial score (nSPS) is 48.4. The van der Waals surface area contributed by atoms with Crippen LogP contribution in [0.4, 0.5) is 0 Å². The van der Waals surface area contributed by atoms with Gasteiger partial charge in [0.15, 0.2) is 0 Å². The highest BCUT2D eigenvalue weighted by atomic mass is 16.3. The van der Waals surface area contributed by atoms with Crippen molar-refractivity contribution in [3.63, 3.8) is 0 Å². The monoisotopic (exact) mass is 192 g/mol. The van der Waals surface area contributed by atoms with Crippen molar-refractivity contribution in [2.75, 3.05) is 13.2 Å². The zero-order chi connectivity index (χ0) is 9.71. The molecule has 0 spiro atoms. The topological polar surface area (TPSA) is 40.5 Å². The van der Waals surface area contributed by atoms with Gasteiger partial charge in [0.1, 0.15) is 0 Å². The van der Waals surface area contributed by atoms with Crippen molar-refractivity contribution < 1.29 is 10.2 Å². The molecule has 2 heteroatoms. The van der Waals surface area contributed by atoms with Crippen LogP contribution in [0.3, 0.4) is 0 Å². The number of rotatable bonds is 2. The van der Waals surface area contributed by atoms with E-state index < -0.39 is 0 Å². The molecule has 2 bridgehead atoms. The highest BCUT2D eigenvalue weighted by Gasteiger charge is 2.50. The lowest BCUT2D eigenvalue weighted by molar-refractivity contribution is 0.169. The second-order valence-corrected chi connectivity index (χ2v) is 4.79. The van der Waals surface area contributed by atoms with Crippen LogP contribution in [-0.2, 0) is 0 Å². The van der Waals surface area contributed by atoms with Gasteiger partial charge < -0.3 is 10.2 Å². The van der Waals surface area contributed by atoms with Crippen LogP contribution in [0.5, 0.6) is 0 Å². The van der Waals surface area contributed by atoms with Crippen molar-refractivity contribution in [2.24, 2.45) is 29.6 Å². The van der Waals surface area contributed by atoms with Crippen molar-refractivity contribution >= 4 is 0 Å². The number of hydrogen-bond acceptors (Lipinski definition) is 2. The molecule has 0 heterocycles. The first-order valence-corrected chi connectivity index (χ1v) is 5.45. The largest absolute Gasteiger partial charge is 0.396 e. The maximum Gasteiger partial charge on any atom is 0.0645 e. The summed E-state index contributed by atoms with van der Waals surface area (Å²) in [6, 6.07) is 0. The minimum atomic E-state index is 0.123. The van der Waals surface area contributed by atoms with E-state index in [1.165, 1.54) is 6.42 Å². The van der Waals surface area contributed by atoms with Crippen LogP contribution in [0.25, 0.3) is 0 Å². The Bertz CT molecular complexity index is 305. The lowest BCUT2D eigenvalue weighted by Gasteiger charge is -2.26. The third-order valence-electron chi connectivity index (χ3n) is 4.31. The van der Waals surface area contributed by atoms with Gasteiger partial charge in [0, 0.05) is 12.5 Å². The van der Waals surface area contributed by atoms with Crippen molar-refractivity contribution in [2.45, 2.75) is 6.42 Å². The Balaban J connectivity index is 1.94. The van der Waals surface area contributed by atoms with Crippen LogP contribution >= 0.6 is 0 Å². The fourth-order valence-electron chi connectivity index (χ4n) is 3.73. The molecule has 3 aliphatic rings. The fourth-order valence-corrected chi connectivity index (χ4v) is 3.73. The number of fused-ring (bicyclic) bond motifs is 5. The summed E-state index contributed by atoms with van der Waals surface area (Å²) in [5, 5.41) is 18.6. The Labute approximate surface area is 83.9 Å². The van der Waals surface area contributed by atoms with Crippen LogP contribution in [-0.4, -0.2) is 23.4 Å². The third-order valence-corrected chi connectivity index (χ3v) is 4.31. The average Bonchev–Trinajstić information content (AvgIpc) is 2.87. The molecule has 0 aromatic carbocycles. The second-order valence-electron chi connectivity index (χ2n) is 4.79. The first-order chi connectivity index (χ1) is 6.85. The molecule has 14 heavy (non-hydrogen) atoms. The van der Waals surface area contributed by atoms with Gasteiger partial charge in [0.05, 0.1) is 6.61 Å². The Morgan fingerprint density at radius 2 is 2.00 bits per heavy atom. The highest BCUT2D eigenvalue weighted by molar-refractivity contribution is 5.29. The maximum atomic E-state index is 9.37. The number of aliphatic hydroxyl groups excluding tert-OH is 2. The van der Waals surface area contributed by atoms with Crippen LogP contribution in [0, 0.1) is 29.6 Å². The van der Waals surface area contributed by atoms with E-state index in [1.807, 2.05) is 0 Å². The van der Waals surface area contributed by atoms with E-state index in [1.54, 1.807) is 0 Å². The quantitative estimate of drug-likeness (QED) is 0.640. The van der Waals surface area contributed by atoms with Gasteiger partial charge in [-0.3, -0.25) is 0 Å². The van der Waals surface area contributed by atoms with Crippen LogP contribution in [0.15, 0.2) is 23.8 Å². The summed E-state index contributed by atoms with van der Waals surface area (Å²) in [6.45, 7) is 0.322. The molecule has 76 valence electrons. The van der Waals surface area contributed by atoms with Crippen LogP contribution in [0.1, 0.15) is 6.42 Å². The first kappa shape index (κ1) is 8.69. The van der Waals surface area contributed by atoms with E-state index in [4.69, 9.17) is 0 Å². The lowest BCUT2D eigenvalue weighted by Crippen LogP contribution is -2.24. The van der Waals surface area contributed by atoms with Gasteiger partial charge in [-0.05, 0) is 35.7 Å². The molecule has 0 aromatic rings. The Morgan fingerprint density at radius 3 is 2.71 bits per heavy atom. The van der Waals surface area contributed by atoms with E-state index in [0.29, 0.717) is 23.7 Å². The molecule has 0 aliphatic heterocycles. The molecule has 1 fully saturated rings. The molecule has 3 rings (SSSR count).